The van der Waals surface area contributed by atoms with E-state index in [1.54, 1.807) is 0 Å². The van der Waals surface area contributed by atoms with Gasteiger partial charge in [-0.3, -0.25) is 4.79 Å². The van der Waals surface area contributed by atoms with Crippen molar-refractivity contribution in [1.82, 2.24) is 9.62 Å². The first-order chi connectivity index (χ1) is 9.36. The topological polar surface area (TPSA) is 83.6 Å². The molecule has 0 unspecified atom stereocenters. The van der Waals surface area contributed by atoms with Gasteiger partial charge in [0.1, 0.15) is 6.29 Å². The van der Waals surface area contributed by atoms with Crippen LogP contribution in [0.25, 0.3) is 0 Å². The molecular weight excluding hydrogens is 280 g/mol. The van der Waals surface area contributed by atoms with Gasteiger partial charge in [0.15, 0.2) is 5.78 Å². The van der Waals surface area contributed by atoms with E-state index in [0.717, 1.165) is 0 Å². The monoisotopic (exact) mass is 298 g/mol. The van der Waals surface area contributed by atoms with Gasteiger partial charge in [-0.05, 0) is 26.2 Å². The van der Waals surface area contributed by atoms with Crippen LogP contribution in [0.4, 0.5) is 0 Å². The van der Waals surface area contributed by atoms with E-state index >= 15 is 0 Å². The molecule has 0 atom stereocenters. The van der Waals surface area contributed by atoms with E-state index in [1.165, 1.54) is 24.3 Å². The van der Waals surface area contributed by atoms with E-state index in [4.69, 9.17) is 0 Å². The summed E-state index contributed by atoms with van der Waals surface area (Å²) < 4.78 is 26.4. The van der Waals surface area contributed by atoms with Gasteiger partial charge in [-0.2, -0.15) is 0 Å². The van der Waals surface area contributed by atoms with Crippen LogP contribution in [0.3, 0.4) is 0 Å². The maximum atomic E-state index is 11.9. The zero-order chi connectivity index (χ0) is 15.2. The number of sulfonamides is 1. The Morgan fingerprint density at radius 3 is 2.35 bits per heavy atom. The summed E-state index contributed by atoms with van der Waals surface area (Å²) in [4.78, 5) is 23.7. The quantitative estimate of drug-likeness (QED) is 0.424. The van der Waals surface area contributed by atoms with Gasteiger partial charge in [0.2, 0.25) is 10.0 Å². The third-order valence-electron chi connectivity index (χ3n) is 2.61. The van der Waals surface area contributed by atoms with Crippen LogP contribution < -0.4 is 4.72 Å². The first kappa shape index (κ1) is 16.5. The summed E-state index contributed by atoms with van der Waals surface area (Å²) in [5.41, 5.74) is 0.323. The van der Waals surface area contributed by atoms with Crippen molar-refractivity contribution in [3.8, 4) is 0 Å². The van der Waals surface area contributed by atoms with Gasteiger partial charge in [0, 0.05) is 18.7 Å². The highest BCUT2D eigenvalue weighted by Crippen LogP contribution is 2.11. The summed E-state index contributed by atoms with van der Waals surface area (Å²) in [7, 11) is 0.130. The fraction of sp³-hybridized carbons (Fsp3) is 0.385. The number of Topliss-reactive ketones (excluding diaryl/α,β-unsaturated/α-hetero) is 1. The van der Waals surface area contributed by atoms with E-state index in [0.29, 0.717) is 24.9 Å². The Morgan fingerprint density at radius 2 is 1.85 bits per heavy atom. The van der Waals surface area contributed by atoms with Gasteiger partial charge in [0.05, 0.1) is 11.3 Å². The van der Waals surface area contributed by atoms with Crippen LogP contribution in [0.15, 0.2) is 29.2 Å². The summed E-state index contributed by atoms with van der Waals surface area (Å²) in [6, 6.07) is 5.53. The molecule has 1 rings (SSSR count). The maximum absolute atomic E-state index is 11.9. The van der Waals surface area contributed by atoms with E-state index in [1.807, 2.05) is 19.0 Å². The lowest BCUT2D eigenvalue weighted by molar-refractivity contribution is -0.107. The van der Waals surface area contributed by atoms with Gasteiger partial charge in [-0.1, -0.05) is 12.1 Å². The molecule has 0 saturated carbocycles. The number of likely N-dealkylation sites (N-methyl/N-ethyl adjacent to an activating group) is 1. The second-order valence-corrected chi connectivity index (χ2v) is 6.29. The molecule has 0 aliphatic carbocycles. The predicted octanol–water partition coefficient (Wildman–Crippen LogP) is 0.298. The number of carbonyl (C=O) groups is 2. The molecule has 0 radical (unpaired) electrons. The van der Waals surface area contributed by atoms with Gasteiger partial charge in [0.25, 0.3) is 0 Å². The lowest BCUT2D eigenvalue weighted by Crippen LogP contribution is -2.31. The number of benzene rings is 1. The molecular formula is C13H18N2O4S. The molecule has 1 N–H and O–H groups in total. The minimum atomic E-state index is -3.57. The van der Waals surface area contributed by atoms with Crippen LogP contribution in [0.1, 0.15) is 16.8 Å². The van der Waals surface area contributed by atoms with E-state index in [9.17, 15) is 18.0 Å². The minimum Gasteiger partial charge on any atom is -0.308 e. The van der Waals surface area contributed by atoms with Crippen molar-refractivity contribution in [3.05, 3.63) is 29.8 Å². The van der Waals surface area contributed by atoms with Crippen molar-refractivity contribution < 1.29 is 18.0 Å². The first-order valence-corrected chi connectivity index (χ1v) is 7.56. The molecule has 1 aromatic carbocycles. The highest BCUT2D eigenvalue weighted by molar-refractivity contribution is 7.89. The molecule has 7 heteroatoms. The Hall–Kier alpha value is -1.57. The van der Waals surface area contributed by atoms with Crippen LogP contribution in [-0.2, 0) is 14.8 Å². The van der Waals surface area contributed by atoms with Gasteiger partial charge < -0.3 is 9.69 Å². The zero-order valence-electron chi connectivity index (χ0n) is 11.5. The normalized spacial score (nSPS) is 11.6. The molecule has 1 aromatic rings. The number of aldehydes is 1. The summed E-state index contributed by atoms with van der Waals surface area (Å²) in [6.07, 6.45) is 0.322. The van der Waals surface area contributed by atoms with Crippen LogP contribution in [-0.4, -0.2) is 52.6 Å². The highest BCUT2D eigenvalue weighted by atomic mass is 32.2. The van der Waals surface area contributed by atoms with E-state index < -0.39 is 10.0 Å². The van der Waals surface area contributed by atoms with Crippen molar-refractivity contribution in [2.75, 3.05) is 27.2 Å². The van der Waals surface area contributed by atoms with Crippen molar-refractivity contribution in [1.29, 1.82) is 0 Å². The summed E-state index contributed by atoms with van der Waals surface area (Å²) in [5.74, 6) is -0.329. The molecule has 0 saturated heterocycles. The van der Waals surface area contributed by atoms with Crippen molar-refractivity contribution in [3.63, 3.8) is 0 Å². The number of nitrogens with zero attached hydrogens (tertiary/aromatic N) is 1. The number of carbonyl (C=O) groups excluding carboxylic acids is 2. The SMILES string of the molecule is CN(C)CCNS(=O)(=O)c1ccc(C(=O)CC=O)cc1. The highest BCUT2D eigenvalue weighted by Gasteiger charge is 2.14. The molecule has 0 heterocycles. The van der Waals surface area contributed by atoms with Crippen molar-refractivity contribution in [2.24, 2.45) is 0 Å². The average molecular weight is 298 g/mol. The Morgan fingerprint density at radius 1 is 1.25 bits per heavy atom. The van der Waals surface area contributed by atoms with Crippen molar-refractivity contribution in [2.45, 2.75) is 11.3 Å². The summed E-state index contributed by atoms with van der Waals surface area (Å²) in [6.45, 7) is 0.899. The van der Waals surface area contributed by atoms with Crippen LogP contribution in [0, 0.1) is 0 Å². The molecule has 0 aliphatic rings. The summed E-state index contributed by atoms with van der Waals surface area (Å²) in [5, 5.41) is 0. The number of rotatable bonds is 8. The maximum Gasteiger partial charge on any atom is 0.240 e. The molecule has 0 bridgehead atoms. The fourth-order valence-corrected chi connectivity index (χ4v) is 2.52. The number of nitrogens with one attached hydrogen (secondary N) is 1. The Kier molecular flexibility index (Phi) is 6.00. The molecule has 0 amide bonds. The van der Waals surface area contributed by atoms with Crippen molar-refractivity contribution >= 4 is 22.1 Å². The average Bonchev–Trinajstić information content (AvgIpc) is 2.38. The predicted molar refractivity (Wildman–Crippen MR) is 75.2 cm³/mol. The molecule has 6 nitrogen and oxygen atoms in total. The molecule has 110 valence electrons. The second kappa shape index (κ2) is 7.28. The smallest absolute Gasteiger partial charge is 0.240 e. The van der Waals surface area contributed by atoms with Crippen LogP contribution in [0.5, 0.6) is 0 Å². The molecule has 0 spiro atoms. The number of ketones is 1. The number of hydrogen-bond donors (Lipinski definition) is 1. The summed E-state index contributed by atoms with van der Waals surface area (Å²) >= 11 is 0. The van der Waals surface area contributed by atoms with E-state index in [2.05, 4.69) is 4.72 Å². The zero-order valence-corrected chi connectivity index (χ0v) is 12.3. The number of hydrogen-bond acceptors (Lipinski definition) is 5. The Labute approximate surface area is 118 Å². The second-order valence-electron chi connectivity index (χ2n) is 4.52. The van der Waals surface area contributed by atoms with E-state index in [-0.39, 0.29) is 17.1 Å². The third-order valence-corrected chi connectivity index (χ3v) is 4.08. The van der Waals surface area contributed by atoms with Gasteiger partial charge in [-0.25, -0.2) is 13.1 Å². The van der Waals surface area contributed by atoms with Crippen LogP contribution >= 0.6 is 0 Å². The Balaban J connectivity index is 2.76. The lowest BCUT2D eigenvalue weighted by atomic mass is 10.1. The standard InChI is InChI=1S/C13H18N2O4S/c1-15(2)9-8-14-20(18,19)12-5-3-11(4-6-12)13(17)7-10-16/h3-6,10,14H,7-9H2,1-2H3. The molecule has 0 aliphatic heterocycles. The van der Waals surface area contributed by atoms with Gasteiger partial charge in [-0.15, -0.1) is 0 Å². The first-order valence-electron chi connectivity index (χ1n) is 6.08. The molecule has 0 fully saturated rings. The third kappa shape index (κ3) is 4.84. The minimum absolute atomic E-state index is 0.0962. The van der Waals surface area contributed by atoms with Crippen LogP contribution in [0.2, 0.25) is 0 Å². The largest absolute Gasteiger partial charge is 0.308 e. The van der Waals surface area contributed by atoms with Gasteiger partial charge >= 0.3 is 0 Å². The lowest BCUT2D eigenvalue weighted by Gasteiger charge is -2.11. The molecule has 0 aromatic heterocycles. The Bertz CT molecular complexity index is 565. The fourth-order valence-electron chi connectivity index (χ4n) is 1.50. The molecule has 20 heavy (non-hydrogen) atoms.